The lowest BCUT2D eigenvalue weighted by Gasteiger charge is -2.31. The number of nitrogens with zero attached hydrogens (tertiary/aromatic N) is 6. The second kappa shape index (κ2) is 7.57. The Morgan fingerprint density at radius 1 is 1.17 bits per heavy atom. The Labute approximate surface area is 172 Å². The lowest BCUT2D eigenvalue weighted by Crippen LogP contribution is -2.41. The molecule has 9 heteroatoms. The summed E-state index contributed by atoms with van der Waals surface area (Å²) in [6.07, 6.45) is 0.600. The van der Waals surface area contributed by atoms with Gasteiger partial charge >= 0.3 is 0 Å². The monoisotopic (exact) mass is 410 g/mol. The first-order chi connectivity index (χ1) is 14.2. The molecule has 150 valence electrons. The third-order valence-corrected chi connectivity index (χ3v) is 6.29. The van der Waals surface area contributed by atoms with E-state index in [1.54, 1.807) is 16.2 Å². The van der Waals surface area contributed by atoms with Crippen molar-refractivity contribution in [3.05, 3.63) is 47.1 Å². The molecule has 4 heterocycles. The third-order valence-electron chi connectivity index (χ3n) is 5.39. The summed E-state index contributed by atoms with van der Waals surface area (Å²) in [7, 11) is 1.82. The fraction of sp³-hybridized carbons (Fsp3) is 0.400. The minimum absolute atomic E-state index is 0.0750. The van der Waals surface area contributed by atoms with Crippen LogP contribution >= 0.6 is 11.3 Å². The SMILES string of the molecule is CN1Cc2nnc(-c3csc(N4CCOCC4)n3)n2[C@H](Cc2ccccc2)C1=O. The molecule has 5 rings (SSSR count). The van der Waals surface area contributed by atoms with Crippen LogP contribution in [0.1, 0.15) is 17.4 Å². The van der Waals surface area contributed by atoms with Crippen LogP contribution in [0, 0.1) is 0 Å². The van der Waals surface area contributed by atoms with Gasteiger partial charge in [0.1, 0.15) is 11.7 Å². The molecule has 0 radical (unpaired) electrons. The maximum absolute atomic E-state index is 13.0. The molecule has 8 nitrogen and oxygen atoms in total. The minimum atomic E-state index is -0.371. The number of thiazole rings is 1. The first-order valence-electron chi connectivity index (χ1n) is 9.72. The molecule has 0 spiro atoms. The van der Waals surface area contributed by atoms with Gasteiger partial charge in [0.05, 0.1) is 19.8 Å². The van der Waals surface area contributed by atoms with E-state index in [0.717, 1.165) is 48.5 Å². The zero-order valence-electron chi connectivity index (χ0n) is 16.2. The van der Waals surface area contributed by atoms with Crippen molar-refractivity contribution in [2.24, 2.45) is 0 Å². The minimum Gasteiger partial charge on any atom is -0.378 e. The van der Waals surface area contributed by atoms with Gasteiger partial charge in [0.2, 0.25) is 5.91 Å². The molecule has 1 fully saturated rings. The normalized spacial score (nSPS) is 19.5. The number of ether oxygens (including phenoxy) is 1. The summed E-state index contributed by atoms with van der Waals surface area (Å²) in [4.78, 5) is 21.8. The molecule has 1 amide bonds. The maximum Gasteiger partial charge on any atom is 0.246 e. The fourth-order valence-electron chi connectivity index (χ4n) is 3.87. The van der Waals surface area contributed by atoms with Crippen molar-refractivity contribution in [1.29, 1.82) is 0 Å². The molecule has 1 saturated heterocycles. The van der Waals surface area contributed by atoms with Gasteiger partial charge in [-0.3, -0.25) is 9.36 Å². The van der Waals surface area contributed by atoms with Gasteiger partial charge < -0.3 is 14.5 Å². The predicted molar refractivity (Wildman–Crippen MR) is 110 cm³/mol. The molecular formula is C20H22N6O2S. The number of hydrogen-bond acceptors (Lipinski definition) is 7. The Morgan fingerprint density at radius 2 is 1.97 bits per heavy atom. The predicted octanol–water partition coefficient (Wildman–Crippen LogP) is 1.99. The van der Waals surface area contributed by atoms with E-state index in [-0.39, 0.29) is 11.9 Å². The molecule has 3 aromatic rings. The van der Waals surface area contributed by atoms with Gasteiger partial charge in [0.25, 0.3) is 0 Å². The number of carbonyl (C=O) groups is 1. The van der Waals surface area contributed by atoms with Crippen molar-refractivity contribution in [3.8, 4) is 11.5 Å². The van der Waals surface area contributed by atoms with Crippen molar-refractivity contribution < 1.29 is 9.53 Å². The highest BCUT2D eigenvalue weighted by atomic mass is 32.1. The lowest BCUT2D eigenvalue weighted by atomic mass is 10.0. The number of aromatic nitrogens is 4. The van der Waals surface area contributed by atoms with E-state index in [2.05, 4.69) is 15.1 Å². The van der Waals surface area contributed by atoms with Crippen LogP contribution in [0.3, 0.4) is 0 Å². The van der Waals surface area contributed by atoms with Crippen molar-refractivity contribution in [2.75, 3.05) is 38.3 Å². The van der Waals surface area contributed by atoms with Crippen LogP contribution in [0.25, 0.3) is 11.5 Å². The number of morpholine rings is 1. The smallest absolute Gasteiger partial charge is 0.246 e. The number of amides is 1. The summed E-state index contributed by atoms with van der Waals surface area (Å²) < 4.78 is 7.41. The largest absolute Gasteiger partial charge is 0.378 e. The molecule has 2 aromatic heterocycles. The summed E-state index contributed by atoms with van der Waals surface area (Å²) in [5.41, 5.74) is 1.88. The van der Waals surface area contributed by atoms with E-state index in [9.17, 15) is 4.79 Å². The molecule has 2 aliphatic heterocycles. The van der Waals surface area contributed by atoms with Gasteiger partial charge in [-0.05, 0) is 5.56 Å². The quantitative estimate of drug-likeness (QED) is 0.655. The molecule has 0 N–H and O–H groups in total. The van der Waals surface area contributed by atoms with E-state index in [1.165, 1.54) is 0 Å². The molecular weight excluding hydrogens is 388 g/mol. The summed E-state index contributed by atoms with van der Waals surface area (Å²) in [6, 6.07) is 9.70. The van der Waals surface area contributed by atoms with Crippen molar-refractivity contribution in [2.45, 2.75) is 19.0 Å². The van der Waals surface area contributed by atoms with Gasteiger partial charge in [-0.1, -0.05) is 30.3 Å². The fourth-order valence-corrected chi connectivity index (χ4v) is 4.73. The van der Waals surface area contributed by atoms with Gasteiger partial charge in [-0.15, -0.1) is 21.5 Å². The van der Waals surface area contributed by atoms with Crippen LogP contribution in [-0.2, 0) is 22.5 Å². The van der Waals surface area contributed by atoms with Gasteiger partial charge in [0, 0.05) is 31.9 Å². The van der Waals surface area contributed by atoms with E-state index >= 15 is 0 Å². The second-order valence-corrected chi connectivity index (χ2v) is 8.16. The lowest BCUT2D eigenvalue weighted by molar-refractivity contribution is -0.135. The number of likely N-dealkylation sites (N-methyl/N-ethyl adjacent to an activating group) is 1. The van der Waals surface area contributed by atoms with Crippen LogP contribution in [0.2, 0.25) is 0 Å². The third kappa shape index (κ3) is 3.40. The average molecular weight is 411 g/mol. The molecule has 29 heavy (non-hydrogen) atoms. The molecule has 0 aliphatic carbocycles. The van der Waals surface area contributed by atoms with E-state index in [1.807, 2.05) is 47.3 Å². The summed E-state index contributed by atoms with van der Waals surface area (Å²) in [6.45, 7) is 3.57. The zero-order chi connectivity index (χ0) is 19.8. The Balaban J connectivity index is 1.50. The number of rotatable bonds is 4. The average Bonchev–Trinajstić information content (AvgIpc) is 3.40. The van der Waals surface area contributed by atoms with Crippen molar-refractivity contribution >= 4 is 22.4 Å². The van der Waals surface area contributed by atoms with E-state index in [4.69, 9.17) is 9.72 Å². The molecule has 0 saturated carbocycles. The first-order valence-corrected chi connectivity index (χ1v) is 10.6. The summed E-state index contributed by atoms with van der Waals surface area (Å²) in [5, 5.41) is 11.8. The van der Waals surface area contributed by atoms with Crippen LogP contribution < -0.4 is 4.90 Å². The van der Waals surface area contributed by atoms with Gasteiger partial charge in [-0.25, -0.2) is 4.98 Å². The topological polar surface area (TPSA) is 76.4 Å². The summed E-state index contributed by atoms with van der Waals surface area (Å²) in [5.74, 6) is 1.54. The van der Waals surface area contributed by atoms with Gasteiger partial charge in [-0.2, -0.15) is 0 Å². The van der Waals surface area contributed by atoms with E-state index in [0.29, 0.717) is 18.8 Å². The molecule has 0 bridgehead atoms. The number of carbonyl (C=O) groups excluding carboxylic acids is 1. The molecule has 2 aliphatic rings. The van der Waals surface area contributed by atoms with Crippen LogP contribution in [0.15, 0.2) is 35.7 Å². The Kier molecular flexibility index (Phi) is 4.76. The first kappa shape index (κ1) is 18.3. The second-order valence-electron chi connectivity index (χ2n) is 7.32. The van der Waals surface area contributed by atoms with Crippen molar-refractivity contribution in [1.82, 2.24) is 24.6 Å². The molecule has 0 unspecified atom stereocenters. The zero-order valence-corrected chi connectivity index (χ0v) is 17.0. The standard InChI is InChI=1S/C20H22N6O2S/c1-24-12-17-22-23-18(15-13-29-20(21-15)25-7-9-28-10-8-25)26(17)16(19(24)27)11-14-5-3-2-4-6-14/h2-6,13,16H,7-12H2,1H3/t16-/m1/s1. The number of fused-ring (bicyclic) bond motifs is 1. The van der Waals surface area contributed by atoms with Gasteiger partial charge in [0.15, 0.2) is 16.8 Å². The van der Waals surface area contributed by atoms with Crippen LogP contribution in [0.4, 0.5) is 5.13 Å². The number of anilines is 1. The highest BCUT2D eigenvalue weighted by Gasteiger charge is 2.35. The maximum atomic E-state index is 13.0. The molecule has 1 atom stereocenters. The highest BCUT2D eigenvalue weighted by Crippen LogP contribution is 2.32. The Morgan fingerprint density at radius 3 is 2.76 bits per heavy atom. The summed E-state index contributed by atoms with van der Waals surface area (Å²) >= 11 is 1.59. The Hall–Kier alpha value is -2.78. The number of hydrogen-bond donors (Lipinski definition) is 0. The Bertz CT molecular complexity index is 1010. The van der Waals surface area contributed by atoms with Crippen LogP contribution in [0.5, 0.6) is 0 Å². The van der Waals surface area contributed by atoms with Crippen LogP contribution in [-0.4, -0.2) is 63.9 Å². The molecule has 1 aromatic carbocycles. The highest BCUT2D eigenvalue weighted by molar-refractivity contribution is 7.14. The van der Waals surface area contributed by atoms with Crippen molar-refractivity contribution in [3.63, 3.8) is 0 Å². The number of benzene rings is 1. The van der Waals surface area contributed by atoms with E-state index < -0.39 is 0 Å².